The monoisotopic (exact) mass is 527 g/mol. The highest BCUT2D eigenvalue weighted by atomic mass is 35.5. The number of nitrogens with one attached hydrogen (secondary N) is 1. The molecule has 0 unspecified atom stereocenters. The molecular formula is C30H30ClN5O2. The molecule has 0 bridgehead atoms. The van der Waals surface area contributed by atoms with Crippen molar-refractivity contribution in [3.63, 3.8) is 0 Å². The fourth-order valence-corrected chi connectivity index (χ4v) is 5.19. The van der Waals surface area contributed by atoms with Gasteiger partial charge in [0.2, 0.25) is 0 Å². The molecule has 2 aliphatic heterocycles. The molecule has 7 nitrogen and oxygen atoms in total. The van der Waals surface area contributed by atoms with E-state index in [1.165, 1.54) is 0 Å². The van der Waals surface area contributed by atoms with Crippen LogP contribution < -0.4 is 5.32 Å². The third-order valence-corrected chi connectivity index (χ3v) is 7.22. The predicted molar refractivity (Wildman–Crippen MR) is 151 cm³/mol. The van der Waals surface area contributed by atoms with Crippen LogP contribution in [0.4, 0.5) is 0 Å². The summed E-state index contributed by atoms with van der Waals surface area (Å²) in [6.45, 7) is 5.77. The zero-order valence-corrected chi connectivity index (χ0v) is 22.3. The summed E-state index contributed by atoms with van der Waals surface area (Å²) < 4.78 is 0. The second kappa shape index (κ2) is 10.8. The second-order valence-corrected chi connectivity index (χ2v) is 10.6. The lowest BCUT2D eigenvalue weighted by Gasteiger charge is -2.47. The average Bonchev–Trinajstić information content (AvgIpc) is 3.19. The van der Waals surface area contributed by atoms with Gasteiger partial charge in [0.15, 0.2) is 5.84 Å². The van der Waals surface area contributed by atoms with E-state index in [1.54, 1.807) is 12.4 Å². The van der Waals surface area contributed by atoms with Gasteiger partial charge in [-0.2, -0.15) is 0 Å². The van der Waals surface area contributed by atoms with Gasteiger partial charge in [0.25, 0.3) is 11.8 Å². The SMILES string of the molecule is CC1(C)CN(C(=O)c2cccc(-c3ccncc3)c2)CCN1C(=O)C1=NCCC(c2cccc(Cl)c2)=CN1. The Labute approximate surface area is 227 Å². The molecule has 0 aliphatic carbocycles. The van der Waals surface area contributed by atoms with E-state index in [0.29, 0.717) is 49.0 Å². The zero-order valence-electron chi connectivity index (χ0n) is 21.5. The molecule has 0 spiro atoms. The highest BCUT2D eigenvalue weighted by molar-refractivity contribution is 6.38. The lowest BCUT2D eigenvalue weighted by atomic mass is 9.97. The lowest BCUT2D eigenvalue weighted by molar-refractivity contribution is -0.132. The molecule has 5 rings (SSSR count). The number of hydrogen-bond acceptors (Lipinski definition) is 5. The fourth-order valence-electron chi connectivity index (χ4n) is 5.00. The van der Waals surface area contributed by atoms with Gasteiger partial charge in [-0.25, -0.2) is 0 Å². The van der Waals surface area contributed by atoms with Crippen LogP contribution in [0.1, 0.15) is 36.2 Å². The van der Waals surface area contributed by atoms with E-state index < -0.39 is 5.54 Å². The van der Waals surface area contributed by atoms with E-state index in [9.17, 15) is 9.59 Å². The van der Waals surface area contributed by atoms with Crippen molar-refractivity contribution >= 4 is 34.8 Å². The predicted octanol–water partition coefficient (Wildman–Crippen LogP) is 4.90. The summed E-state index contributed by atoms with van der Waals surface area (Å²) >= 11 is 6.16. The third kappa shape index (κ3) is 5.48. The molecule has 0 atom stereocenters. The number of hydrogen-bond donors (Lipinski definition) is 1. The van der Waals surface area contributed by atoms with Crippen LogP contribution in [0.5, 0.6) is 0 Å². The maximum Gasteiger partial charge on any atom is 0.289 e. The summed E-state index contributed by atoms with van der Waals surface area (Å²) in [5, 5.41) is 3.80. The first kappa shape index (κ1) is 25.7. The first-order valence-electron chi connectivity index (χ1n) is 12.7. The van der Waals surface area contributed by atoms with Crippen LogP contribution in [0.25, 0.3) is 16.7 Å². The molecule has 3 aromatic rings. The molecule has 2 aromatic carbocycles. The standard InChI is InChI=1S/C30H30ClN5O2/c1-30(2)20-35(28(37)24-7-3-5-22(17-24)21-9-12-32-13-10-21)15-16-36(30)29(38)27-33-14-11-25(19-34-27)23-6-4-8-26(31)18-23/h3-10,12-13,17-19H,11,14-16,20H2,1-2H3,(H,33,34). The van der Waals surface area contributed by atoms with E-state index in [0.717, 1.165) is 22.3 Å². The Hall–Kier alpha value is -3.97. The molecule has 3 heterocycles. The van der Waals surface area contributed by atoms with Crippen molar-refractivity contribution in [2.24, 2.45) is 4.99 Å². The summed E-state index contributed by atoms with van der Waals surface area (Å²) in [6.07, 6.45) is 6.03. The van der Waals surface area contributed by atoms with Crippen LogP contribution in [-0.4, -0.2) is 64.2 Å². The third-order valence-electron chi connectivity index (χ3n) is 6.99. The van der Waals surface area contributed by atoms with Gasteiger partial charge >= 0.3 is 0 Å². The molecule has 2 aliphatic rings. The number of nitrogens with zero attached hydrogens (tertiary/aromatic N) is 4. The van der Waals surface area contributed by atoms with Gasteiger partial charge in [-0.15, -0.1) is 0 Å². The van der Waals surface area contributed by atoms with Gasteiger partial charge in [0.1, 0.15) is 0 Å². The number of benzene rings is 2. The van der Waals surface area contributed by atoms with Crippen molar-refractivity contribution in [2.45, 2.75) is 25.8 Å². The largest absolute Gasteiger partial charge is 0.342 e. The van der Waals surface area contributed by atoms with E-state index >= 15 is 0 Å². The van der Waals surface area contributed by atoms with Crippen LogP contribution in [0.3, 0.4) is 0 Å². The number of carbonyl (C=O) groups excluding carboxylic acids is 2. The molecule has 1 fully saturated rings. The molecule has 2 amide bonds. The number of piperazine rings is 1. The second-order valence-electron chi connectivity index (χ2n) is 10.1. The zero-order chi connectivity index (χ0) is 26.7. The van der Waals surface area contributed by atoms with Gasteiger partial charge in [-0.3, -0.25) is 19.6 Å². The summed E-state index contributed by atoms with van der Waals surface area (Å²) in [7, 11) is 0. The summed E-state index contributed by atoms with van der Waals surface area (Å²) in [5.41, 5.74) is 4.09. The number of amides is 2. The minimum Gasteiger partial charge on any atom is -0.342 e. The van der Waals surface area contributed by atoms with Crippen molar-refractivity contribution in [2.75, 3.05) is 26.2 Å². The Morgan fingerprint density at radius 2 is 1.68 bits per heavy atom. The molecule has 38 heavy (non-hydrogen) atoms. The maximum atomic E-state index is 13.5. The van der Waals surface area contributed by atoms with E-state index in [2.05, 4.69) is 15.3 Å². The minimum atomic E-state index is -0.566. The molecular weight excluding hydrogens is 498 g/mol. The Kier molecular flexibility index (Phi) is 7.29. The van der Waals surface area contributed by atoms with Gasteiger partial charge in [-0.1, -0.05) is 35.9 Å². The number of pyridine rings is 1. The number of halogens is 1. The Morgan fingerprint density at radius 1 is 0.921 bits per heavy atom. The molecule has 194 valence electrons. The normalized spacial score (nSPS) is 17.1. The Balaban J connectivity index is 1.27. The number of rotatable bonds is 4. The van der Waals surface area contributed by atoms with Gasteiger partial charge in [-0.05, 0) is 78.9 Å². The van der Waals surface area contributed by atoms with Crippen LogP contribution in [0.2, 0.25) is 5.02 Å². The summed E-state index contributed by atoms with van der Waals surface area (Å²) in [4.78, 5) is 39.2. The van der Waals surface area contributed by atoms with Crippen LogP contribution in [0, 0.1) is 0 Å². The van der Waals surface area contributed by atoms with Gasteiger partial charge < -0.3 is 15.1 Å². The van der Waals surface area contributed by atoms with Crippen molar-refractivity contribution in [3.8, 4) is 11.1 Å². The van der Waals surface area contributed by atoms with Gasteiger partial charge in [0, 0.05) is 55.4 Å². The van der Waals surface area contributed by atoms with Crippen LogP contribution in [-0.2, 0) is 4.79 Å². The molecule has 0 radical (unpaired) electrons. The highest BCUT2D eigenvalue weighted by Crippen LogP contribution is 2.26. The Morgan fingerprint density at radius 3 is 2.45 bits per heavy atom. The smallest absolute Gasteiger partial charge is 0.289 e. The quantitative estimate of drug-likeness (QED) is 0.523. The van der Waals surface area contributed by atoms with Crippen LogP contribution >= 0.6 is 11.6 Å². The van der Waals surface area contributed by atoms with Crippen molar-refractivity contribution in [3.05, 3.63) is 95.4 Å². The molecule has 1 aromatic heterocycles. The van der Waals surface area contributed by atoms with E-state index in [1.807, 2.05) is 90.5 Å². The fraction of sp³-hybridized carbons (Fsp3) is 0.267. The highest BCUT2D eigenvalue weighted by Gasteiger charge is 2.40. The minimum absolute atomic E-state index is 0.0416. The number of aromatic nitrogens is 1. The topological polar surface area (TPSA) is 77.9 Å². The van der Waals surface area contributed by atoms with Crippen molar-refractivity contribution < 1.29 is 9.59 Å². The average molecular weight is 528 g/mol. The molecule has 8 heteroatoms. The summed E-state index contributed by atoms with van der Waals surface area (Å²) in [6, 6.07) is 19.1. The Bertz CT molecular complexity index is 1420. The maximum absolute atomic E-state index is 13.5. The molecule has 0 saturated carbocycles. The van der Waals surface area contributed by atoms with Crippen LogP contribution in [0.15, 0.2) is 84.2 Å². The first-order chi connectivity index (χ1) is 18.3. The molecule has 1 saturated heterocycles. The van der Waals surface area contributed by atoms with Gasteiger partial charge in [0.05, 0.1) is 5.54 Å². The number of carbonyl (C=O) groups is 2. The van der Waals surface area contributed by atoms with E-state index in [4.69, 9.17) is 11.6 Å². The van der Waals surface area contributed by atoms with E-state index in [-0.39, 0.29) is 11.8 Å². The first-order valence-corrected chi connectivity index (χ1v) is 13.1. The lowest BCUT2D eigenvalue weighted by Crippen LogP contribution is -2.63. The molecule has 1 N–H and O–H groups in total. The number of aliphatic imine (C=N–C) groups is 1. The van der Waals surface area contributed by atoms with Crippen molar-refractivity contribution in [1.29, 1.82) is 0 Å². The summed E-state index contributed by atoms with van der Waals surface area (Å²) in [5.74, 6) is 0.116. The number of amidine groups is 1. The van der Waals surface area contributed by atoms with Crippen molar-refractivity contribution in [1.82, 2.24) is 20.1 Å².